The fourth-order valence-electron chi connectivity index (χ4n) is 2.88. The minimum absolute atomic E-state index is 0.153. The second kappa shape index (κ2) is 6.93. The zero-order chi connectivity index (χ0) is 20.6. The van der Waals surface area contributed by atoms with Crippen molar-refractivity contribution in [3.63, 3.8) is 0 Å². The lowest BCUT2D eigenvalue weighted by molar-refractivity contribution is -0.145. The summed E-state index contributed by atoms with van der Waals surface area (Å²) in [5.74, 6) is -2.47. The smallest absolute Gasteiger partial charge is 0.322 e. The molecule has 1 aliphatic rings. The fourth-order valence-corrected chi connectivity index (χ4v) is 2.88. The Kier molecular flexibility index (Phi) is 4.42. The molecule has 0 radical (unpaired) electrons. The van der Waals surface area contributed by atoms with Gasteiger partial charge in [-0.2, -0.15) is 13.2 Å². The van der Waals surface area contributed by atoms with Crippen LogP contribution in [0.1, 0.15) is 27.6 Å². The summed E-state index contributed by atoms with van der Waals surface area (Å²) in [7, 11) is 0. The van der Waals surface area contributed by atoms with E-state index in [1.807, 2.05) is 0 Å². The van der Waals surface area contributed by atoms with Crippen molar-refractivity contribution in [2.24, 2.45) is 0 Å². The molecule has 9 heteroatoms. The summed E-state index contributed by atoms with van der Waals surface area (Å²) in [4.78, 5) is 35.4. The van der Waals surface area contributed by atoms with Crippen molar-refractivity contribution in [1.29, 1.82) is 0 Å². The van der Waals surface area contributed by atoms with E-state index in [4.69, 9.17) is 0 Å². The van der Waals surface area contributed by atoms with Gasteiger partial charge in [-0.1, -0.05) is 12.1 Å². The number of carbonyl (C=O) groups is 2. The number of rotatable bonds is 3. The average molecular weight is 396 g/mol. The molecule has 29 heavy (non-hydrogen) atoms. The number of halogens is 3. The van der Waals surface area contributed by atoms with Crippen LogP contribution < -0.4 is 5.32 Å². The largest absolute Gasteiger partial charge is 0.451 e. The van der Waals surface area contributed by atoms with Crippen LogP contribution in [0, 0.1) is 0 Å². The highest BCUT2D eigenvalue weighted by Gasteiger charge is 2.38. The van der Waals surface area contributed by atoms with Crippen LogP contribution in [-0.2, 0) is 11.0 Å². The SMILES string of the molecule is O=C(/C=C/c1ccccn1)Nc1ccc2c(c1)C(=O)c1nc(C(F)(F)F)ncc1-2. The van der Waals surface area contributed by atoms with Gasteiger partial charge in [-0.05, 0) is 35.9 Å². The van der Waals surface area contributed by atoms with Crippen molar-refractivity contribution >= 4 is 23.5 Å². The summed E-state index contributed by atoms with van der Waals surface area (Å²) >= 11 is 0. The summed E-state index contributed by atoms with van der Waals surface area (Å²) in [5.41, 5.74) is 1.42. The van der Waals surface area contributed by atoms with Crippen LogP contribution in [-0.4, -0.2) is 26.6 Å². The third kappa shape index (κ3) is 3.62. The molecule has 1 amide bonds. The maximum Gasteiger partial charge on any atom is 0.451 e. The molecule has 4 rings (SSSR count). The summed E-state index contributed by atoms with van der Waals surface area (Å²) in [6, 6.07) is 9.74. The van der Waals surface area contributed by atoms with Crippen molar-refractivity contribution < 1.29 is 22.8 Å². The predicted octanol–water partition coefficient (Wildman–Crippen LogP) is 3.75. The lowest BCUT2D eigenvalue weighted by Crippen LogP contribution is -2.13. The maximum absolute atomic E-state index is 12.8. The van der Waals surface area contributed by atoms with E-state index in [0.717, 1.165) is 6.20 Å². The number of fused-ring (bicyclic) bond motifs is 3. The molecule has 1 aromatic carbocycles. The second-order valence-corrected chi connectivity index (χ2v) is 6.12. The Morgan fingerprint density at radius 2 is 1.86 bits per heavy atom. The van der Waals surface area contributed by atoms with Crippen LogP contribution in [0.5, 0.6) is 0 Å². The van der Waals surface area contributed by atoms with E-state index in [0.29, 0.717) is 16.9 Å². The van der Waals surface area contributed by atoms with E-state index in [2.05, 4.69) is 20.3 Å². The van der Waals surface area contributed by atoms with Gasteiger partial charge in [0.15, 0.2) is 0 Å². The van der Waals surface area contributed by atoms with Gasteiger partial charge in [0.05, 0.1) is 5.69 Å². The highest BCUT2D eigenvalue weighted by molar-refractivity contribution is 6.21. The number of carbonyl (C=O) groups excluding carboxylic acids is 2. The third-order valence-electron chi connectivity index (χ3n) is 4.17. The Balaban J connectivity index is 1.57. The first-order valence-electron chi connectivity index (χ1n) is 8.36. The molecule has 1 aliphatic carbocycles. The minimum atomic E-state index is -4.75. The summed E-state index contributed by atoms with van der Waals surface area (Å²) < 4.78 is 38.5. The van der Waals surface area contributed by atoms with Gasteiger partial charge in [0.25, 0.3) is 0 Å². The average Bonchev–Trinajstić information content (AvgIpc) is 2.98. The van der Waals surface area contributed by atoms with E-state index in [1.54, 1.807) is 30.5 Å². The van der Waals surface area contributed by atoms with E-state index >= 15 is 0 Å². The number of hydrogen-bond acceptors (Lipinski definition) is 5. The summed E-state index contributed by atoms with van der Waals surface area (Å²) in [6.45, 7) is 0. The Bertz CT molecular complexity index is 1160. The van der Waals surface area contributed by atoms with Gasteiger partial charge in [0.2, 0.25) is 17.5 Å². The maximum atomic E-state index is 12.8. The first-order chi connectivity index (χ1) is 13.8. The molecule has 0 aliphatic heterocycles. The predicted molar refractivity (Wildman–Crippen MR) is 97.8 cm³/mol. The number of anilines is 1. The van der Waals surface area contributed by atoms with Gasteiger partial charge in [0.1, 0.15) is 5.69 Å². The number of hydrogen-bond donors (Lipinski definition) is 1. The summed E-state index contributed by atoms with van der Waals surface area (Å²) in [6.07, 6.45) is 0.644. The Morgan fingerprint density at radius 3 is 2.59 bits per heavy atom. The molecular weight excluding hydrogens is 385 g/mol. The zero-order valence-electron chi connectivity index (χ0n) is 14.6. The van der Waals surface area contributed by atoms with Gasteiger partial charge in [-0.3, -0.25) is 14.6 Å². The first kappa shape index (κ1) is 18.5. The van der Waals surface area contributed by atoms with Gasteiger partial charge in [0, 0.05) is 35.3 Å². The number of nitrogens with one attached hydrogen (secondary N) is 1. The van der Waals surface area contributed by atoms with Crippen molar-refractivity contribution in [3.8, 4) is 11.1 Å². The standard InChI is InChI=1S/C20H11F3N4O2/c21-20(22,23)19-25-10-15-13-6-4-12(9-14(13)18(29)17(15)27-19)26-16(28)7-5-11-3-1-2-8-24-11/h1-10H,(H,26,28)/b7-5+. The lowest BCUT2D eigenvalue weighted by atomic mass is 10.1. The molecule has 2 aromatic heterocycles. The first-order valence-corrected chi connectivity index (χ1v) is 8.36. The van der Waals surface area contributed by atoms with Crippen molar-refractivity contribution in [2.75, 3.05) is 5.32 Å². The summed E-state index contributed by atoms with van der Waals surface area (Å²) in [5, 5.41) is 2.60. The molecule has 0 saturated carbocycles. The van der Waals surface area contributed by atoms with E-state index in [9.17, 15) is 22.8 Å². The van der Waals surface area contributed by atoms with Crippen LogP contribution in [0.15, 0.2) is 54.9 Å². The molecule has 6 nitrogen and oxygen atoms in total. The number of alkyl halides is 3. The number of aromatic nitrogens is 3. The molecule has 0 spiro atoms. The number of nitrogens with zero attached hydrogens (tertiary/aromatic N) is 3. The number of benzene rings is 1. The van der Waals surface area contributed by atoms with E-state index in [1.165, 1.54) is 24.3 Å². The Hall–Kier alpha value is -3.88. The molecule has 2 heterocycles. The number of ketones is 1. The molecule has 0 bridgehead atoms. The Morgan fingerprint density at radius 1 is 1.03 bits per heavy atom. The highest BCUT2D eigenvalue weighted by atomic mass is 19.4. The van der Waals surface area contributed by atoms with Gasteiger partial charge >= 0.3 is 6.18 Å². The van der Waals surface area contributed by atoms with Gasteiger partial charge in [-0.15, -0.1) is 0 Å². The zero-order valence-corrected chi connectivity index (χ0v) is 14.6. The number of amides is 1. The van der Waals surface area contributed by atoms with Crippen LogP contribution >= 0.6 is 0 Å². The van der Waals surface area contributed by atoms with E-state index in [-0.39, 0.29) is 16.8 Å². The molecule has 3 aromatic rings. The van der Waals surface area contributed by atoms with Crippen molar-refractivity contribution in [2.45, 2.75) is 6.18 Å². The molecule has 1 N–H and O–H groups in total. The van der Waals surface area contributed by atoms with Crippen LogP contribution in [0.25, 0.3) is 17.2 Å². The number of pyridine rings is 1. The van der Waals surface area contributed by atoms with Gasteiger partial charge < -0.3 is 5.32 Å². The molecule has 0 fully saturated rings. The topological polar surface area (TPSA) is 84.8 Å². The fraction of sp³-hybridized carbons (Fsp3) is 0.0500. The van der Waals surface area contributed by atoms with E-state index < -0.39 is 23.7 Å². The molecule has 0 atom stereocenters. The van der Waals surface area contributed by atoms with Crippen molar-refractivity contribution in [1.82, 2.24) is 15.0 Å². The Labute approximate surface area is 162 Å². The van der Waals surface area contributed by atoms with Crippen LogP contribution in [0.3, 0.4) is 0 Å². The van der Waals surface area contributed by atoms with Crippen LogP contribution in [0.2, 0.25) is 0 Å². The monoisotopic (exact) mass is 396 g/mol. The van der Waals surface area contributed by atoms with Gasteiger partial charge in [-0.25, -0.2) is 9.97 Å². The quantitative estimate of drug-likeness (QED) is 0.533. The highest BCUT2D eigenvalue weighted by Crippen LogP contribution is 2.38. The normalized spacial score (nSPS) is 12.7. The molecular formula is C20H11F3N4O2. The molecule has 0 saturated heterocycles. The second-order valence-electron chi connectivity index (χ2n) is 6.12. The lowest BCUT2D eigenvalue weighted by Gasteiger charge is -2.06. The molecule has 144 valence electrons. The molecule has 0 unspecified atom stereocenters. The van der Waals surface area contributed by atoms with Crippen molar-refractivity contribution in [3.05, 3.63) is 77.6 Å². The third-order valence-corrected chi connectivity index (χ3v) is 4.17. The minimum Gasteiger partial charge on any atom is -0.322 e. The van der Waals surface area contributed by atoms with Crippen LogP contribution in [0.4, 0.5) is 18.9 Å².